The molecule has 0 saturated carbocycles. The van der Waals surface area contributed by atoms with Crippen molar-refractivity contribution < 1.29 is 4.74 Å². The maximum absolute atomic E-state index is 5.54. The third-order valence-electron chi connectivity index (χ3n) is 2.37. The smallest absolute Gasteiger partial charge is 0.213 e. The number of rotatable bonds is 5. The van der Waals surface area contributed by atoms with Gasteiger partial charge in [-0.3, -0.25) is 0 Å². The molecular weight excluding hydrogens is 186 g/mol. The van der Waals surface area contributed by atoms with Gasteiger partial charge in [-0.05, 0) is 23.8 Å². The molecule has 0 aliphatic heterocycles. The molecule has 0 atom stereocenters. The van der Waals surface area contributed by atoms with Gasteiger partial charge in [0.05, 0.1) is 6.61 Å². The maximum Gasteiger partial charge on any atom is 0.213 e. The molecule has 2 heteroatoms. The molecule has 0 unspecified atom stereocenters. The fourth-order valence-electron chi connectivity index (χ4n) is 1.22. The summed E-state index contributed by atoms with van der Waals surface area (Å²) in [7, 11) is 0. The molecule has 84 valence electrons. The molecule has 0 aliphatic rings. The van der Waals surface area contributed by atoms with Gasteiger partial charge in [0.1, 0.15) is 0 Å². The van der Waals surface area contributed by atoms with Crippen molar-refractivity contribution in [2.24, 2.45) is 5.92 Å². The zero-order valence-electron chi connectivity index (χ0n) is 10.2. The van der Waals surface area contributed by atoms with Gasteiger partial charge in [-0.2, -0.15) is 0 Å². The quantitative estimate of drug-likeness (QED) is 0.735. The van der Waals surface area contributed by atoms with Crippen LogP contribution in [0.5, 0.6) is 5.88 Å². The van der Waals surface area contributed by atoms with Crippen LogP contribution in [0.15, 0.2) is 18.3 Å². The summed E-state index contributed by atoms with van der Waals surface area (Å²) in [6.07, 6.45) is 2.98. The summed E-state index contributed by atoms with van der Waals surface area (Å²) in [6.45, 7) is 9.47. The monoisotopic (exact) mass is 207 g/mol. The standard InChI is InChI=1S/C13H21NO/c1-10(2)7-8-15-13-6-5-12(9-14-13)11(3)4/h5-6,9-11H,7-8H2,1-4H3. The number of nitrogens with zero attached hydrogens (tertiary/aromatic N) is 1. The van der Waals surface area contributed by atoms with Crippen molar-refractivity contribution in [3.8, 4) is 5.88 Å². The summed E-state index contributed by atoms with van der Waals surface area (Å²) in [6, 6.07) is 4.04. The van der Waals surface area contributed by atoms with Crippen LogP contribution in [0.4, 0.5) is 0 Å². The van der Waals surface area contributed by atoms with E-state index in [0.717, 1.165) is 18.9 Å². The van der Waals surface area contributed by atoms with Crippen LogP contribution in [0.1, 0.15) is 45.6 Å². The fourth-order valence-corrected chi connectivity index (χ4v) is 1.22. The second-order valence-electron chi connectivity index (χ2n) is 4.62. The molecule has 1 aromatic rings. The summed E-state index contributed by atoms with van der Waals surface area (Å²) in [5.41, 5.74) is 1.26. The van der Waals surface area contributed by atoms with E-state index < -0.39 is 0 Å². The molecule has 1 aromatic heterocycles. The molecule has 0 bridgehead atoms. The van der Waals surface area contributed by atoms with Crippen molar-refractivity contribution in [3.05, 3.63) is 23.9 Å². The number of ether oxygens (including phenoxy) is 1. The Morgan fingerprint density at radius 1 is 1.20 bits per heavy atom. The van der Waals surface area contributed by atoms with Gasteiger partial charge in [0.15, 0.2) is 0 Å². The first-order valence-corrected chi connectivity index (χ1v) is 5.68. The Kier molecular flexibility index (Phi) is 4.60. The van der Waals surface area contributed by atoms with E-state index in [4.69, 9.17) is 4.74 Å². The number of pyridine rings is 1. The van der Waals surface area contributed by atoms with E-state index in [9.17, 15) is 0 Å². The highest BCUT2D eigenvalue weighted by molar-refractivity contribution is 5.20. The molecule has 0 saturated heterocycles. The van der Waals surface area contributed by atoms with E-state index in [-0.39, 0.29) is 0 Å². The normalized spacial score (nSPS) is 11.1. The number of hydrogen-bond acceptors (Lipinski definition) is 2. The molecule has 0 aliphatic carbocycles. The highest BCUT2D eigenvalue weighted by Crippen LogP contribution is 2.15. The highest BCUT2D eigenvalue weighted by atomic mass is 16.5. The average Bonchev–Trinajstić information content (AvgIpc) is 2.18. The third kappa shape index (κ3) is 4.32. The van der Waals surface area contributed by atoms with E-state index >= 15 is 0 Å². The lowest BCUT2D eigenvalue weighted by atomic mass is 10.1. The molecule has 0 amide bonds. The Morgan fingerprint density at radius 2 is 1.93 bits per heavy atom. The van der Waals surface area contributed by atoms with Gasteiger partial charge in [0.25, 0.3) is 0 Å². The predicted octanol–water partition coefficient (Wildman–Crippen LogP) is 3.63. The molecule has 1 rings (SSSR count). The lowest BCUT2D eigenvalue weighted by Crippen LogP contribution is -2.02. The molecule has 0 aromatic carbocycles. The topological polar surface area (TPSA) is 22.1 Å². The van der Waals surface area contributed by atoms with Crippen LogP contribution in [0.3, 0.4) is 0 Å². The first-order chi connectivity index (χ1) is 7.09. The van der Waals surface area contributed by atoms with E-state index in [1.165, 1.54) is 5.56 Å². The minimum absolute atomic E-state index is 0.530. The van der Waals surface area contributed by atoms with Crippen molar-refractivity contribution in [3.63, 3.8) is 0 Å². The van der Waals surface area contributed by atoms with Crippen molar-refractivity contribution in [2.45, 2.75) is 40.0 Å². The summed E-state index contributed by atoms with van der Waals surface area (Å²) < 4.78 is 5.54. The summed E-state index contributed by atoms with van der Waals surface area (Å²) in [4.78, 5) is 4.27. The summed E-state index contributed by atoms with van der Waals surface area (Å²) in [5, 5.41) is 0. The van der Waals surface area contributed by atoms with Gasteiger partial charge < -0.3 is 4.74 Å². The Hall–Kier alpha value is -1.05. The highest BCUT2D eigenvalue weighted by Gasteiger charge is 2.01. The summed E-state index contributed by atoms with van der Waals surface area (Å²) >= 11 is 0. The fraction of sp³-hybridized carbons (Fsp3) is 0.615. The summed E-state index contributed by atoms with van der Waals surface area (Å²) in [5.74, 6) is 1.95. The first-order valence-electron chi connectivity index (χ1n) is 5.68. The van der Waals surface area contributed by atoms with Gasteiger partial charge in [0, 0.05) is 12.3 Å². The van der Waals surface area contributed by atoms with Gasteiger partial charge in [-0.25, -0.2) is 4.98 Å². The Morgan fingerprint density at radius 3 is 2.40 bits per heavy atom. The Balaban J connectivity index is 2.43. The van der Waals surface area contributed by atoms with Crippen molar-refractivity contribution in [1.29, 1.82) is 0 Å². The van der Waals surface area contributed by atoms with Crippen LogP contribution >= 0.6 is 0 Å². The van der Waals surface area contributed by atoms with E-state index in [1.807, 2.05) is 12.3 Å². The van der Waals surface area contributed by atoms with Crippen molar-refractivity contribution in [2.75, 3.05) is 6.61 Å². The minimum Gasteiger partial charge on any atom is -0.478 e. The lowest BCUT2D eigenvalue weighted by molar-refractivity contribution is 0.279. The molecular formula is C13H21NO. The molecule has 15 heavy (non-hydrogen) atoms. The zero-order chi connectivity index (χ0) is 11.3. The third-order valence-corrected chi connectivity index (χ3v) is 2.37. The predicted molar refractivity (Wildman–Crippen MR) is 63.3 cm³/mol. The van der Waals surface area contributed by atoms with Crippen molar-refractivity contribution >= 4 is 0 Å². The second kappa shape index (κ2) is 5.74. The molecule has 0 radical (unpaired) electrons. The molecule has 1 heterocycles. The molecule has 0 fully saturated rings. The number of hydrogen-bond donors (Lipinski definition) is 0. The molecule has 0 N–H and O–H groups in total. The van der Waals surface area contributed by atoms with E-state index in [1.54, 1.807) is 0 Å². The van der Waals surface area contributed by atoms with Crippen LogP contribution in [-0.2, 0) is 0 Å². The lowest BCUT2D eigenvalue weighted by Gasteiger charge is -2.08. The van der Waals surface area contributed by atoms with E-state index in [2.05, 4.69) is 38.7 Å². The Bertz CT molecular complexity index is 277. The average molecular weight is 207 g/mol. The van der Waals surface area contributed by atoms with Crippen LogP contribution < -0.4 is 4.74 Å². The second-order valence-corrected chi connectivity index (χ2v) is 4.62. The van der Waals surface area contributed by atoms with Gasteiger partial charge in [0.2, 0.25) is 5.88 Å². The van der Waals surface area contributed by atoms with Gasteiger partial charge >= 0.3 is 0 Å². The maximum atomic E-state index is 5.54. The minimum atomic E-state index is 0.530. The van der Waals surface area contributed by atoms with Crippen LogP contribution in [0, 0.1) is 5.92 Å². The van der Waals surface area contributed by atoms with Crippen LogP contribution in [0.2, 0.25) is 0 Å². The number of aromatic nitrogens is 1. The van der Waals surface area contributed by atoms with Crippen LogP contribution in [0.25, 0.3) is 0 Å². The molecule has 2 nitrogen and oxygen atoms in total. The van der Waals surface area contributed by atoms with Gasteiger partial charge in [-0.15, -0.1) is 0 Å². The van der Waals surface area contributed by atoms with Crippen molar-refractivity contribution in [1.82, 2.24) is 4.98 Å². The van der Waals surface area contributed by atoms with E-state index in [0.29, 0.717) is 11.8 Å². The first kappa shape index (κ1) is 12.0. The molecule has 0 spiro atoms. The van der Waals surface area contributed by atoms with Crippen LogP contribution in [-0.4, -0.2) is 11.6 Å². The zero-order valence-corrected chi connectivity index (χ0v) is 10.2. The van der Waals surface area contributed by atoms with Gasteiger partial charge in [-0.1, -0.05) is 33.8 Å². The SMILES string of the molecule is CC(C)CCOc1ccc(C(C)C)cn1. The Labute approximate surface area is 92.7 Å². The largest absolute Gasteiger partial charge is 0.478 e.